The number of nitrogens with two attached hydrogens (primary N) is 1. The van der Waals surface area contributed by atoms with Crippen LogP contribution in [0.1, 0.15) is 38.7 Å². The number of rotatable bonds is 4. The van der Waals surface area contributed by atoms with Crippen molar-refractivity contribution in [2.45, 2.75) is 25.4 Å². The van der Waals surface area contributed by atoms with Gasteiger partial charge in [-0.25, -0.2) is 4.98 Å². The van der Waals surface area contributed by atoms with Crippen LogP contribution < -0.4 is 11.1 Å². The number of piperidine rings is 1. The van der Waals surface area contributed by atoms with Crippen LogP contribution in [-0.2, 0) is 6.54 Å². The third-order valence-electron chi connectivity index (χ3n) is 4.10. The highest BCUT2D eigenvalue weighted by atomic mass is 35.5. The lowest BCUT2D eigenvalue weighted by Crippen LogP contribution is -2.46. The molecule has 0 aliphatic carbocycles. The molecular weight excluding hydrogens is 360 g/mol. The predicted molar refractivity (Wildman–Crippen MR) is 100 cm³/mol. The largest absolute Gasteiger partial charge is 0.348 e. The lowest BCUT2D eigenvalue weighted by molar-refractivity contribution is 0.0697. The Kier molecular flexibility index (Phi) is 6.92. The van der Waals surface area contributed by atoms with E-state index in [2.05, 4.69) is 10.3 Å². The normalized spacial score (nSPS) is 14.7. The second-order valence-corrected chi connectivity index (χ2v) is 6.68. The van der Waals surface area contributed by atoms with Crippen LogP contribution in [-0.4, -0.2) is 40.8 Å². The quantitative estimate of drug-likeness (QED) is 0.849. The molecule has 0 atom stereocenters. The van der Waals surface area contributed by atoms with Crippen molar-refractivity contribution in [1.82, 2.24) is 15.2 Å². The number of hydrogen-bond acceptors (Lipinski definition) is 5. The van der Waals surface area contributed by atoms with Crippen molar-refractivity contribution < 1.29 is 9.59 Å². The van der Waals surface area contributed by atoms with E-state index in [0.29, 0.717) is 30.9 Å². The molecule has 25 heavy (non-hydrogen) atoms. The predicted octanol–water partition coefficient (Wildman–Crippen LogP) is 2.06. The van der Waals surface area contributed by atoms with Gasteiger partial charge in [-0.2, -0.15) is 0 Å². The molecule has 0 unspecified atom stereocenters. The van der Waals surface area contributed by atoms with Crippen molar-refractivity contribution in [2.75, 3.05) is 13.1 Å². The summed E-state index contributed by atoms with van der Waals surface area (Å²) >= 11 is 1.39. The maximum Gasteiger partial charge on any atom is 0.270 e. The highest BCUT2D eigenvalue weighted by Gasteiger charge is 2.25. The zero-order valence-corrected chi connectivity index (χ0v) is 15.3. The van der Waals surface area contributed by atoms with Gasteiger partial charge in [0.1, 0.15) is 10.7 Å². The standard InChI is InChI=1S/C17H20N4O2S.ClH/c18-10-15-20-14(11-24-15)16(22)19-13-6-8-21(9-7-13)17(23)12-4-2-1-3-5-12;/h1-5,11,13H,6-10,18H2,(H,19,22);1H. The molecule has 3 N–H and O–H groups in total. The minimum atomic E-state index is -0.168. The van der Waals surface area contributed by atoms with Gasteiger partial charge in [-0.1, -0.05) is 18.2 Å². The second kappa shape index (κ2) is 8.94. The molecule has 134 valence electrons. The van der Waals surface area contributed by atoms with Crippen LogP contribution >= 0.6 is 23.7 Å². The zero-order valence-electron chi connectivity index (χ0n) is 13.7. The Bertz CT molecular complexity index is 714. The Balaban J connectivity index is 0.00000225. The number of likely N-dealkylation sites (tertiary alicyclic amines) is 1. The van der Waals surface area contributed by atoms with Crippen LogP contribution in [0, 0.1) is 0 Å². The molecule has 2 aromatic rings. The first kappa shape index (κ1) is 19.4. The van der Waals surface area contributed by atoms with E-state index in [4.69, 9.17) is 5.73 Å². The van der Waals surface area contributed by atoms with Gasteiger partial charge in [0.2, 0.25) is 0 Å². The molecule has 6 nitrogen and oxygen atoms in total. The second-order valence-electron chi connectivity index (χ2n) is 5.74. The number of hydrogen-bond donors (Lipinski definition) is 2. The fraction of sp³-hybridized carbons (Fsp3) is 0.353. The molecule has 2 heterocycles. The van der Waals surface area contributed by atoms with E-state index in [9.17, 15) is 9.59 Å². The summed E-state index contributed by atoms with van der Waals surface area (Å²) in [6.45, 7) is 1.63. The highest BCUT2D eigenvalue weighted by Crippen LogP contribution is 2.15. The zero-order chi connectivity index (χ0) is 16.9. The first-order valence-corrected chi connectivity index (χ1v) is 8.85. The summed E-state index contributed by atoms with van der Waals surface area (Å²) in [5.74, 6) is -0.119. The first-order chi connectivity index (χ1) is 11.7. The van der Waals surface area contributed by atoms with Gasteiger partial charge in [0.25, 0.3) is 11.8 Å². The number of nitrogens with one attached hydrogen (secondary N) is 1. The van der Waals surface area contributed by atoms with E-state index in [-0.39, 0.29) is 30.3 Å². The number of nitrogens with zero attached hydrogens (tertiary/aromatic N) is 2. The topological polar surface area (TPSA) is 88.3 Å². The van der Waals surface area contributed by atoms with Gasteiger partial charge in [-0.05, 0) is 25.0 Å². The molecule has 1 aliphatic heterocycles. The molecule has 2 amide bonds. The molecular formula is C17H21ClN4O2S. The van der Waals surface area contributed by atoms with E-state index < -0.39 is 0 Å². The maximum atomic E-state index is 12.4. The molecule has 0 bridgehead atoms. The van der Waals surface area contributed by atoms with Gasteiger partial charge < -0.3 is 16.0 Å². The molecule has 0 spiro atoms. The molecule has 1 fully saturated rings. The van der Waals surface area contributed by atoms with Crippen LogP contribution in [0.5, 0.6) is 0 Å². The summed E-state index contributed by atoms with van der Waals surface area (Å²) in [7, 11) is 0. The van der Waals surface area contributed by atoms with Gasteiger partial charge in [0.15, 0.2) is 0 Å². The van der Waals surface area contributed by atoms with E-state index in [0.717, 1.165) is 17.8 Å². The molecule has 1 aromatic heterocycles. The summed E-state index contributed by atoms with van der Waals surface area (Å²) in [6.07, 6.45) is 1.50. The summed E-state index contributed by atoms with van der Waals surface area (Å²) < 4.78 is 0. The van der Waals surface area contributed by atoms with Gasteiger partial charge >= 0.3 is 0 Å². The first-order valence-electron chi connectivity index (χ1n) is 7.97. The molecule has 0 saturated carbocycles. The highest BCUT2D eigenvalue weighted by molar-refractivity contribution is 7.09. The minimum Gasteiger partial charge on any atom is -0.348 e. The summed E-state index contributed by atoms with van der Waals surface area (Å²) in [5, 5.41) is 5.48. The van der Waals surface area contributed by atoms with Crippen LogP contribution in [0.3, 0.4) is 0 Å². The summed E-state index contributed by atoms with van der Waals surface area (Å²) in [6, 6.07) is 9.35. The Morgan fingerprint density at radius 1 is 1.24 bits per heavy atom. The fourth-order valence-corrected chi connectivity index (χ4v) is 3.41. The lowest BCUT2D eigenvalue weighted by Gasteiger charge is -2.32. The van der Waals surface area contributed by atoms with Crippen molar-refractivity contribution in [3.05, 3.63) is 52.0 Å². The third kappa shape index (κ3) is 4.78. The van der Waals surface area contributed by atoms with Gasteiger partial charge in [0, 0.05) is 36.6 Å². The SMILES string of the molecule is Cl.NCc1nc(C(=O)NC2CCN(C(=O)c3ccccc3)CC2)cs1. The van der Waals surface area contributed by atoms with E-state index in [1.807, 2.05) is 35.2 Å². The average Bonchev–Trinajstić information content (AvgIpc) is 3.12. The maximum absolute atomic E-state index is 12.4. The number of carbonyl (C=O) groups is 2. The number of amides is 2. The molecule has 1 saturated heterocycles. The Morgan fingerprint density at radius 2 is 1.92 bits per heavy atom. The fourth-order valence-electron chi connectivity index (χ4n) is 2.76. The minimum absolute atomic E-state index is 0. The van der Waals surface area contributed by atoms with Crippen molar-refractivity contribution in [3.8, 4) is 0 Å². The number of benzene rings is 1. The van der Waals surface area contributed by atoms with Crippen molar-refractivity contribution >= 4 is 35.6 Å². The Morgan fingerprint density at radius 3 is 2.52 bits per heavy atom. The molecule has 8 heteroatoms. The number of carbonyl (C=O) groups excluding carboxylic acids is 2. The van der Waals surface area contributed by atoms with E-state index >= 15 is 0 Å². The lowest BCUT2D eigenvalue weighted by atomic mass is 10.0. The van der Waals surface area contributed by atoms with E-state index in [1.54, 1.807) is 5.38 Å². The van der Waals surface area contributed by atoms with Crippen LogP contribution in [0.4, 0.5) is 0 Å². The third-order valence-corrected chi connectivity index (χ3v) is 4.97. The number of aromatic nitrogens is 1. The smallest absolute Gasteiger partial charge is 0.270 e. The van der Waals surface area contributed by atoms with Crippen molar-refractivity contribution in [1.29, 1.82) is 0 Å². The van der Waals surface area contributed by atoms with Gasteiger partial charge in [-0.15, -0.1) is 23.7 Å². The monoisotopic (exact) mass is 380 g/mol. The molecule has 3 rings (SSSR count). The van der Waals surface area contributed by atoms with Crippen LogP contribution in [0.2, 0.25) is 0 Å². The molecule has 1 aromatic carbocycles. The summed E-state index contributed by atoms with van der Waals surface area (Å²) in [5.41, 5.74) is 6.64. The Hall–Kier alpha value is -1.96. The molecule has 1 aliphatic rings. The van der Waals surface area contributed by atoms with Crippen LogP contribution in [0.25, 0.3) is 0 Å². The molecule has 0 radical (unpaired) electrons. The van der Waals surface area contributed by atoms with Crippen molar-refractivity contribution in [2.24, 2.45) is 5.73 Å². The summed E-state index contributed by atoms with van der Waals surface area (Å²) in [4.78, 5) is 30.6. The van der Waals surface area contributed by atoms with E-state index in [1.165, 1.54) is 11.3 Å². The number of thiazole rings is 1. The van der Waals surface area contributed by atoms with Crippen LogP contribution in [0.15, 0.2) is 35.7 Å². The Labute approximate surface area is 156 Å². The van der Waals surface area contributed by atoms with Gasteiger partial charge in [0.05, 0.1) is 0 Å². The average molecular weight is 381 g/mol. The van der Waals surface area contributed by atoms with Crippen molar-refractivity contribution in [3.63, 3.8) is 0 Å². The van der Waals surface area contributed by atoms with Gasteiger partial charge in [-0.3, -0.25) is 9.59 Å². The number of halogens is 1.